The van der Waals surface area contributed by atoms with Crippen molar-refractivity contribution in [3.05, 3.63) is 58.9 Å². The van der Waals surface area contributed by atoms with Crippen molar-refractivity contribution in [1.82, 2.24) is 24.5 Å². The first-order chi connectivity index (χ1) is 15.4. The summed E-state index contributed by atoms with van der Waals surface area (Å²) in [6, 6.07) is 5.38. The summed E-state index contributed by atoms with van der Waals surface area (Å²) in [4.78, 5) is 34.9. The molecular formula is C22H26ClN5O4S. The molecule has 0 aliphatic carbocycles. The lowest BCUT2D eigenvalue weighted by Gasteiger charge is -2.44. The Labute approximate surface area is 198 Å². The molecule has 2 aromatic heterocycles. The first kappa shape index (κ1) is 24.8. The van der Waals surface area contributed by atoms with Crippen LogP contribution in [-0.4, -0.2) is 71.8 Å². The van der Waals surface area contributed by atoms with Gasteiger partial charge in [-0.1, -0.05) is 18.2 Å². The fourth-order valence-electron chi connectivity index (χ4n) is 4.11. The highest BCUT2D eigenvalue weighted by Crippen LogP contribution is 2.34. The third-order valence-electron chi connectivity index (χ3n) is 5.40. The van der Waals surface area contributed by atoms with Crippen LogP contribution >= 0.6 is 11.6 Å². The molecule has 1 aliphatic rings. The molecular weight excluding hydrogens is 466 g/mol. The zero-order chi connectivity index (χ0) is 24.5. The molecule has 3 heterocycles. The van der Waals surface area contributed by atoms with E-state index in [0.717, 1.165) is 6.26 Å². The van der Waals surface area contributed by atoms with Crippen LogP contribution in [0.1, 0.15) is 34.6 Å². The molecule has 2 aromatic rings. The number of amides is 2. The molecule has 11 heteroatoms. The van der Waals surface area contributed by atoms with E-state index in [1.165, 1.54) is 17.4 Å². The fraction of sp³-hybridized carbons (Fsp3) is 0.364. The van der Waals surface area contributed by atoms with Gasteiger partial charge in [-0.15, -0.1) is 0 Å². The first-order valence-electron chi connectivity index (χ1n) is 10.2. The van der Waals surface area contributed by atoms with E-state index in [9.17, 15) is 18.0 Å². The van der Waals surface area contributed by atoms with Crippen LogP contribution in [0, 0.1) is 6.92 Å². The highest BCUT2D eigenvalue weighted by Gasteiger charge is 2.40. The minimum atomic E-state index is -3.61. The second kappa shape index (κ2) is 9.58. The van der Waals surface area contributed by atoms with Gasteiger partial charge in [0.25, 0.3) is 5.91 Å². The van der Waals surface area contributed by atoms with Crippen molar-refractivity contribution in [2.45, 2.75) is 25.9 Å². The molecule has 9 nitrogen and oxygen atoms in total. The third kappa shape index (κ3) is 5.40. The SMILES string of the molecule is C=CC(=O)N1C[C@H](c2cc(Cl)nc(-c3cc(C(=O)NC)cc(C)n3)c2)N(S(C)(=O)=O)[C@@H](C)C1. The van der Waals surface area contributed by atoms with Crippen LogP contribution in [-0.2, 0) is 14.8 Å². The van der Waals surface area contributed by atoms with E-state index < -0.39 is 22.1 Å². The third-order valence-corrected chi connectivity index (χ3v) is 6.97. The van der Waals surface area contributed by atoms with Gasteiger partial charge >= 0.3 is 0 Å². The van der Waals surface area contributed by atoms with E-state index in [4.69, 9.17) is 11.6 Å². The van der Waals surface area contributed by atoms with Gasteiger partial charge in [-0.05, 0) is 49.8 Å². The monoisotopic (exact) mass is 491 g/mol. The highest BCUT2D eigenvalue weighted by atomic mass is 35.5. The maximum atomic E-state index is 12.7. The standard InChI is InChI=1S/C22H26ClN5O4S/c1-6-21(29)27-11-14(3)28(33(5,31)32)19(12-27)15-8-18(26-20(23)10-15)17-9-16(22(30)24-4)7-13(2)25-17/h6-10,14,19H,1,11-12H2,2-5H3,(H,24,30)/t14-,19+/m0/s1. The molecule has 3 rings (SSSR count). The van der Waals surface area contributed by atoms with E-state index in [-0.39, 0.29) is 30.1 Å². The second-order valence-electron chi connectivity index (χ2n) is 7.98. The average molecular weight is 492 g/mol. The van der Waals surface area contributed by atoms with Gasteiger partial charge in [0.15, 0.2) is 0 Å². The molecule has 2 atom stereocenters. The Morgan fingerprint density at radius 3 is 2.45 bits per heavy atom. The van der Waals surface area contributed by atoms with Gasteiger partial charge in [0.05, 0.1) is 23.7 Å². The Hall–Kier alpha value is -2.82. The average Bonchev–Trinajstić information content (AvgIpc) is 2.75. The minimum absolute atomic E-state index is 0.132. The van der Waals surface area contributed by atoms with E-state index in [0.29, 0.717) is 28.2 Å². The molecule has 2 amide bonds. The minimum Gasteiger partial charge on any atom is -0.355 e. The molecule has 1 N–H and O–H groups in total. The van der Waals surface area contributed by atoms with E-state index in [1.54, 1.807) is 43.0 Å². The Kier molecular flexibility index (Phi) is 7.20. The number of nitrogens with zero attached hydrogens (tertiary/aromatic N) is 4. The molecule has 1 saturated heterocycles. The first-order valence-corrected chi connectivity index (χ1v) is 12.5. The van der Waals surface area contributed by atoms with Crippen molar-refractivity contribution in [2.75, 3.05) is 26.4 Å². The topological polar surface area (TPSA) is 113 Å². The molecule has 0 spiro atoms. The van der Waals surface area contributed by atoms with Crippen molar-refractivity contribution in [3.8, 4) is 11.4 Å². The van der Waals surface area contributed by atoms with Crippen LogP contribution in [0.2, 0.25) is 5.15 Å². The summed E-state index contributed by atoms with van der Waals surface area (Å²) in [5.41, 5.74) is 2.40. The lowest BCUT2D eigenvalue weighted by atomic mass is 10.0. The number of sulfonamides is 1. The Balaban J connectivity index is 2.14. The smallest absolute Gasteiger partial charge is 0.251 e. The van der Waals surface area contributed by atoms with Crippen molar-refractivity contribution < 1.29 is 18.0 Å². The Bertz CT molecular complexity index is 1220. The quantitative estimate of drug-likeness (QED) is 0.506. The maximum absolute atomic E-state index is 12.7. The molecule has 0 aromatic carbocycles. The maximum Gasteiger partial charge on any atom is 0.251 e. The zero-order valence-corrected chi connectivity index (χ0v) is 20.4. The van der Waals surface area contributed by atoms with E-state index >= 15 is 0 Å². The van der Waals surface area contributed by atoms with Gasteiger partial charge < -0.3 is 10.2 Å². The van der Waals surface area contributed by atoms with Gasteiger partial charge in [0.2, 0.25) is 15.9 Å². The van der Waals surface area contributed by atoms with Crippen molar-refractivity contribution >= 4 is 33.4 Å². The fourth-order valence-corrected chi connectivity index (χ4v) is 5.69. The van der Waals surface area contributed by atoms with Gasteiger partial charge in [0, 0.05) is 37.4 Å². The van der Waals surface area contributed by atoms with Crippen LogP contribution in [0.5, 0.6) is 0 Å². The Morgan fingerprint density at radius 2 is 1.85 bits per heavy atom. The summed E-state index contributed by atoms with van der Waals surface area (Å²) in [6.45, 7) is 7.42. The number of pyridine rings is 2. The van der Waals surface area contributed by atoms with Crippen LogP contribution in [0.25, 0.3) is 11.4 Å². The number of halogens is 1. The highest BCUT2D eigenvalue weighted by molar-refractivity contribution is 7.88. The normalized spacial score (nSPS) is 19.2. The van der Waals surface area contributed by atoms with Crippen molar-refractivity contribution in [3.63, 3.8) is 0 Å². The zero-order valence-electron chi connectivity index (χ0n) is 18.9. The van der Waals surface area contributed by atoms with E-state index in [1.807, 2.05) is 0 Å². The van der Waals surface area contributed by atoms with Crippen LogP contribution in [0.3, 0.4) is 0 Å². The Morgan fingerprint density at radius 1 is 1.18 bits per heavy atom. The molecule has 1 aliphatic heterocycles. The van der Waals surface area contributed by atoms with Gasteiger partial charge in [-0.3, -0.25) is 14.6 Å². The summed E-state index contributed by atoms with van der Waals surface area (Å²) in [5, 5.41) is 2.72. The predicted molar refractivity (Wildman–Crippen MR) is 126 cm³/mol. The number of aromatic nitrogens is 2. The summed E-state index contributed by atoms with van der Waals surface area (Å²) in [6.07, 6.45) is 2.35. The van der Waals surface area contributed by atoms with E-state index in [2.05, 4.69) is 21.9 Å². The molecule has 0 bridgehead atoms. The summed E-state index contributed by atoms with van der Waals surface area (Å²) < 4.78 is 26.7. The number of hydrogen-bond donors (Lipinski definition) is 1. The van der Waals surface area contributed by atoms with Crippen LogP contribution < -0.4 is 5.32 Å². The lowest BCUT2D eigenvalue weighted by Crippen LogP contribution is -2.56. The number of aryl methyl sites for hydroxylation is 1. The number of nitrogens with one attached hydrogen (secondary N) is 1. The van der Waals surface area contributed by atoms with Crippen LogP contribution in [0.4, 0.5) is 0 Å². The number of piperazine rings is 1. The van der Waals surface area contributed by atoms with Crippen molar-refractivity contribution in [1.29, 1.82) is 0 Å². The summed E-state index contributed by atoms with van der Waals surface area (Å²) >= 11 is 6.33. The largest absolute Gasteiger partial charge is 0.355 e. The molecule has 0 unspecified atom stereocenters. The van der Waals surface area contributed by atoms with Crippen LogP contribution in [0.15, 0.2) is 36.9 Å². The molecule has 0 saturated carbocycles. The second-order valence-corrected chi connectivity index (χ2v) is 10.3. The van der Waals surface area contributed by atoms with Gasteiger partial charge in [0.1, 0.15) is 5.15 Å². The molecule has 1 fully saturated rings. The summed E-state index contributed by atoms with van der Waals surface area (Å²) in [7, 11) is -2.07. The van der Waals surface area contributed by atoms with Gasteiger partial charge in [-0.25, -0.2) is 13.4 Å². The number of rotatable bonds is 5. The lowest BCUT2D eigenvalue weighted by molar-refractivity contribution is -0.129. The summed E-state index contributed by atoms with van der Waals surface area (Å²) in [5.74, 6) is -0.553. The van der Waals surface area contributed by atoms with Gasteiger partial charge in [-0.2, -0.15) is 4.31 Å². The van der Waals surface area contributed by atoms with Crippen molar-refractivity contribution in [2.24, 2.45) is 0 Å². The molecule has 33 heavy (non-hydrogen) atoms. The number of hydrogen-bond acceptors (Lipinski definition) is 6. The predicted octanol–water partition coefficient (Wildman–Crippen LogP) is 2.18. The molecule has 0 radical (unpaired) electrons. The number of carbonyl (C=O) groups is 2. The molecule has 176 valence electrons. The number of carbonyl (C=O) groups excluding carboxylic acids is 2.